The van der Waals surface area contributed by atoms with Crippen LogP contribution in [-0.4, -0.2) is 30.4 Å². The predicted octanol–water partition coefficient (Wildman–Crippen LogP) is -2.23. The molecule has 1 aliphatic rings. The summed E-state index contributed by atoms with van der Waals surface area (Å²) in [4.78, 5) is 22.2. The minimum Gasteiger partial charge on any atom is -0.407 e. The Bertz CT molecular complexity index is 257. The van der Waals surface area contributed by atoms with E-state index in [1.165, 1.54) is 0 Å². The number of carbonyl (C=O) groups excluding carboxylic acids is 2. The lowest BCUT2D eigenvalue weighted by atomic mass is 10.1. The van der Waals surface area contributed by atoms with Crippen LogP contribution >= 0.6 is 0 Å². The van der Waals surface area contributed by atoms with Crippen LogP contribution in [0.3, 0.4) is 0 Å². The van der Waals surface area contributed by atoms with Gasteiger partial charge in [-0.3, -0.25) is 15.3 Å². The molecule has 1 heterocycles. The molecule has 1 saturated heterocycles. The lowest BCUT2D eigenvalue weighted by Gasteiger charge is -2.30. The maximum absolute atomic E-state index is 11.2. The topological polar surface area (TPSA) is 131 Å². The van der Waals surface area contributed by atoms with Gasteiger partial charge in [-0.25, -0.2) is 0 Å². The van der Waals surface area contributed by atoms with E-state index in [9.17, 15) is 9.59 Å². The number of ether oxygens (including phenoxy) is 2. The SMILES string of the molecule is NCC1(N)OC(=O)CC[C@@H](N)C(=O)O1. The summed E-state index contributed by atoms with van der Waals surface area (Å²) < 4.78 is 9.32. The maximum atomic E-state index is 11.2. The van der Waals surface area contributed by atoms with Gasteiger partial charge < -0.3 is 20.9 Å². The van der Waals surface area contributed by atoms with E-state index < -0.39 is 23.9 Å². The highest BCUT2D eigenvalue weighted by molar-refractivity contribution is 5.78. The number of rotatable bonds is 1. The molecule has 0 aromatic carbocycles. The van der Waals surface area contributed by atoms with Crippen molar-refractivity contribution in [1.29, 1.82) is 0 Å². The van der Waals surface area contributed by atoms with Gasteiger partial charge in [0, 0.05) is 6.42 Å². The lowest BCUT2D eigenvalue weighted by molar-refractivity contribution is -0.228. The van der Waals surface area contributed by atoms with Crippen LogP contribution < -0.4 is 17.2 Å². The Balaban J connectivity index is 2.78. The number of carbonyl (C=O) groups is 2. The normalized spacial score (nSPS) is 34.1. The first-order valence-electron chi connectivity index (χ1n) is 4.16. The van der Waals surface area contributed by atoms with Crippen molar-refractivity contribution < 1.29 is 19.1 Å². The fraction of sp³-hybridized carbons (Fsp3) is 0.714. The molecule has 0 saturated carbocycles. The predicted molar refractivity (Wildman–Crippen MR) is 45.4 cm³/mol. The van der Waals surface area contributed by atoms with Crippen molar-refractivity contribution in [3.05, 3.63) is 0 Å². The monoisotopic (exact) mass is 203 g/mol. The molecule has 1 unspecified atom stereocenters. The van der Waals surface area contributed by atoms with E-state index in [1.807, 2.05) is 0 Å². The number of cyclic esters (lactones) is 2. The second kappa shape index (κ2) is 3.91. The molecule has 0 aliphatic carbocycles. The molecule has 2 atom stereocenters. The van der Waals surface area contributed by atoms with Crippen LogP contribution in [0.25, 0.3) is 0 Å². The molecule has 0 amide bonds. The van der Waals surface area contributed by atoms with Gasteiger partial charge in [0.05, 0.1) is 6.54 Å². The Hall–Kier alpha value is -1.18. The Kier molecular flexibility index (Phi) is 3.04. The Morgan fingerprint density at radius 3 is 2.64 bits per heavy atom. The van der Waals surface area contributed by atoms with Gasteiger partial charge in [-0.05, 0) is 6.42 Å². The minimum atomic E-state index is -1.88. The van der Waals surface area contributed by atoms with Crippen LogP contribution in [0.5, 0.6) is 0 Å². The van der Waals surface area contributed by atoms with E-state index in [1.54, 1.807) is 0 Å². The first-order valence-corrected chi connectivity index (χ1v) is 4.16. The molecule has 1 aliphatic heterocycles. The summed E-state index contributed by atoms with van der Waals surface area (Å²) in [5, 5.41) is 0. The van der Waals surface area contributed by atoms with Gasteiger partial charge in [-0.1, -0.05) is 0 Å². The second-order valence-corrected chi connectivity index (χ2v) is 3.06. The molecule has 80 valence electrons. The Labute approximate surface area is 80.5 Å². The van der Waals surface area contributed by atoms with Crippen molar-refractivity contribution in [3.8, 4) is 0 Å². The molecule has 0 radical (unpaired) electrons. The molecule has 0 aromatic rings. The first kappa shape index (κ1) is 10.9. The van der Waals surface area contributed by atoms with Crippen LogP contribution in [0.1, 0.15) is 12.8 Å². The third kappa shape index (κ3) is 2.41. The van der Waals surface area contributed by atoms with E-state index in [0.717, 1.165) is 0 Å². The number of hydrogen-bond donors (Lipinski definition) is 3. The highest BCUT2D eigenvalue weighted by Gasteiger charge is 2.36. The molecule has 0 spiro atoms. The molecular formula is C7H13N3O4. The van der Waals surface area contributed by atoms with E-state index >= 15 is 0 Å². The molecule has 7 heteroatoms. The third-order valence-corrected chi connectivity index (χ3v) is 1.81. The molecule has 0 bridgehead atoms. The van der Waals surface area contributed by atoms with E-state index in [-0.39, 0.29) is 19.4 Å². The lowest BCUT2D eigenvalue weighted by Crippen LogP contribution is -2.57. The summed E-state index contributed by atoms with van der Waals surface area (Å²) in [6, 6.07) is -0.864. The van der Waals surface area contributed by atoms with E-state index in [2.05, 4.69) is 9.47 Å². The molecule has 0 aromatic heterocycles. The molecule has 14 heavy (non-hydrogen) atoms. The summed E-state index contributed by atoms with van der Waals surface area (Å²) in [6.07, 6.45) is 0.202. The van der Waals surface area contributed by atoms with Crippen LogP contribution in [0.15, 0.2) is 0 Å². The maximum Gasteiger partial charge on any atom is 0.328 e. The Morgan fingerprint density at radius 2 is 2.07 bits per heavy atom. The van der Waals surface area contributed by atoms with Crippen molar-refractivity contribution in [2.45, 2.75) is 24.8 Å². The molecule has 1 rings (SSSR count). The summed E-state index contributed by atoms with van der Waals surface area (Å²) in [5.41, 5.74) is 16.0. The van der Waals surface area contributed by atoms with Crippen LogP contribution in [0.4, 0.5) is 0 Å². The zero-order chi connectivity index (χ0) is 10.8. The van der Waals surface area contributed by atoms with E-state index in [0.29, 0.717) is 0 Å². The number of hydrogen-bond acceptors (Lipinski definition) is 7. The fourth-order valence-corrected chi connectivity index (χ4v) is 0.985. The summed E-state index contributed by atoms with van der Waals surface area (Å²) in [7, 11) is 0. The summed E-state index contributed by atoms with van der Waals surface area (Å²) in [5.74, 6) is -3.18. The molecule has 1 fully saturated rings. The van der Waals surface area contributed by atoms with Crippen molar-refractivity contribution in [1.82, 2.24) is 0 Å². The smallest absolute Gasteiger partial charge is 0.328 e. The molecular weight excluding hydrogens is 190 g/mol. The van der Waals surface area contributed by atoms with Gasteiger partial charge in [0.2, 0.25) is 0 Å². The van der Waals surface area contributed by atoms with Gasteiger partial charge >= 0.3 is 17.8 Å². The van der Waals surface area contributed by atoms with Gasteiger partial charge in [-0.15, -0.1) is 0 Å². The average molecular weight is 203 g/mol. The quantitative estimate of drug-likeness (QED) is 0.411. The van der Waals surface area contributed by atoms with Crippen molar-refractivity contribution in [3.63, 3.8) is 0 Å². The van der Waals surface area contributed by atoms with Crippen molar-refractivity contribution >= 4 is 11.9 Å². The van der Waals surface area contributed by atoms with Crippen molar-refractivity contribution in [2.75, 3.05) is 6.54 Å². The van der Waals surface area contributed by atoms with Crippen LogP contribution in [0, 0.1) is 0 Å². The number of esters is 2. The summed E-state index contributed by atoms with van der Waals surface area (Å²) >= 11 is 0. The summed E-state index contributed by atoms with van der Waals surface area (Å²) in [6.45, 7) is -0.308. The minimum absolute atomic E-state index is 0.0230. The van der Waals surface area contributed by atoms with Gasteiger partial charge in [0.25, 0.3) is 0 Å². The third-order valence-electron chi connectivity index (χ3n) is 1.81. The zero-order valence-electron chi connectivity index (χ0n) is 7.56. The number of nitrogens with two attached hydrogens (primary N) is 3. The fourth-order valence-electron chi connectivity index (χ4n) is 0.985. The van der Waals surface area contributed by atoms with Crippen LogP contribution in [-0.2, 0) is 19.1 Å². The van der Waals surface area contributed by atoms with E-state index in [4.69, 9.17) is 17.2 Å². The van der Waals surface area contributed by atoms with Gasteiger partial charge in [-0.2, -0.15) is 0 Å². The second-order valence-electron chi connectivity index (χ2n) is 3.06. The zero-order valence-corrected chi connectivity index (χ0v) is 7.56. The standard InChI is InChI=1S/C7H13N3O4/c8-3-7(10)13-5(11)2-1-4(9)6(12)14-7/h4H,1-3,8-10H2/t4-,7?/m1/s1. The average Bonchev–Trinajstić information content (AvgIpc) is 2.12. The van der Waals surface area contributed by atoms with Crippen molar-refractivity contribution in [2.24, 2.45) is 17.2 Å². The Morgan fingerprint density at radius 1 is 1.43 bits per heavy atom. The highest BCUT2D eigenvalue weighted by Crippen LogP contribution is 2.13. The largest absolute Gasteiger partial charge is 0.407 e. The van der Waals surface area contributed by atoms with Gasteiger partial charge in [0.15, 0.2) is 0 Å². The van der Waals surface area contributed by atoms with Crippen LogP contribution in [0.2, 0.25) is 0 Å². The molecule has 6 N–H and O–H groups in total. The molecule has 7 nitrogen and oxygen atoms in total. The highest BCUT2D eigenvalue weighted by atomic mass is 16.7. The first-order chi connectivity index (χ1) is 6.47. The van der Waals surface area contributed by atoms with Gasteiger partial charge in [0.1, 0.15) is 6.04 Å².